The van der Waals surface area contributed by atoms with E-state index in [-0.39, 0.29) is 47.5 Å². The monoisotopic (exact) mass is 497 g/mol. The number of carbonyl (C=O) groups excluding carboxylic acids is 1. The summed E-state index contributed by atoms with van der Waals surface area (Å²) in [4.78, 5) is 24.2. The lowest BCUT2D eigenvalue weighted by Crippen LogP contribution is -2.48. The number of nitro benzene ring substituents is 1. The average molecular weight is 498 g/mol. The Hall–Kier alpha value is -2.67. The Kier molecular flexibility index (Phi) is 7.88. The topological polar surface area (TPSA) is 149 Å². The Labute approximate surface area is 186 Å². The maximum atomic E-state index is 12.8. The summed E-state index contributed by atoms with van der Waals surface area (Å²) in [5.41, 5.74) is 2.95. The molecular weight excluding hydrogens is 477 g/mol. The van der Waals surface area contributed by atoms with Gasteiger partial charge in [0.05, 0.1) is 16.4 Å². The van der Waals surface area contributed by atoms with Gasteiger partial charge in [0, 0.05) is 25.2 Å². The van der Waals surface area contributed by atoms with E-state index in [2.05, 4.69) is 0 Å². The SMILES string of the molecule is N/C(=C\C(=[NH2+])C(F)(F)F)C(=O)N(CCC1CCS(=O)(=O)C1)Cc1cccc([N+](=O)[O-])c1Cl. The minimum Gasteiger partial charge on any atom is -0.394 e. The van der Waals surface area contributed by atoms with Crippen molar-refractivity contribution in [2.45, 2.75) is 25.6 Å². The molecule has 2 rings (SSSR count). The van der Waals surface area contributed by atoms with Crippen LogP contribution in [0.25, 0.3) is 0 Å². The van der Waals surface area contributed by atoms with Crippen molar-refractivity contribution in [3.8, 4) is 0 Å². The lowest BCUT2D eigenvalue weighted by molar-refractivity contribution is -0.384. The fourth-order valence-corrected chi connectivity index (χ4v) is 5.38. The van der Waals surface area contributed by atoms with Gasteiger partial charge in [0.1, 0.15) is 10.7 Å². The first-order valence-electron chi connectivity index (χ1n) is 9.29. The third kappa shape index (κ3) is 6.66. The van der Waals surface area contributed by atoms with Crippen molar-refractivity contribution >= 4 is 38.7 Å². The van der Waals surface area contributed by atoms with Crippen molar-refractivity contribution in [1.82, 2.24) is 4.90 Å². The van der Waals surface area contributed by atoms with Gasteiger partial charge in [-0.2, -0.15) is 13.2 Å². The number of nitrogens with two attached hydrogens (primary N) is 2. The molecule has 0 radical (unpaired) electrons. The van der Waals surface area contributed by atoms with Gasteiger partial charge in [0.2, 0.25) is 0 Å². The average Bonchev–Trinajstić information content (AvgIpc) is 3.03. The van der Waals surface area contributed by atoms with Crippen LogP contribution in [0.4, 0.5) is 18.9 Å². The van der Waals surface area contributed by atoms with Gasteiger partial charge in [-0.3, -0.25) is 20.3 Å². The van der Waals surface area contributed by atoms with E-state index in [4.69, 9.17) is 22.7 Å². The maximum Gasteiger partial charge on any atom is 0.476 e. The second-order valence-corrected chi connectivity index (χ2v) is 9.95. The molecule has 0 aliphatic carbocycles. The number of nitrogens with zero attached hydrogens (tertiary/aromatic N) is 2. The zero-order valence-electron chi connectivity index (χ0n) is 16.6. The number of sulfone groups is 1. The molecule has 1 aliphatic rings. The van der Waals surface area contributed by atoms with Gasteiger partial charge in [-0.25, -0.2) is 8.42 Å². The molecule has 1 heterocycles. The van der Waals surface area contributed by atoms with Gasteiger partial charge >= 0.3 is 6.18 Å². The number of allylic oxidation sites excluding steroid dienone is 1. The molecule has 1 amide bonds. The number of hydrogen-bond donors (Lipinski definition) is 2. The van der Waals surface area contributed by atoms with Crippen LogP contribution in [0.2, 0.25) is 5.02 Å². The van der Waals surface area contributed by atoms with Crippen molar-refractivity contribution in [2.24, 2.45) is 11.7 Å². The Morgan fingerprint density at radius 3 is 2.59 bits per heavy atom. The molecule has 1 fully saturated rings. The highest BCUT2D eigenvalue weighted by Crippen LogP contribution is 2.29. The Bertz CT molecular complexity index is 1060. The second kappa shape index (κ2) is 9.86. The number of hydrogen-bond acceptors (Lipinski definition) is 6. The predicted molar refractivity (Wildman–Crippen MR) is 110 cm³/mol. The van der Waals surface area contributed by atoms with Crippen LogP contribution in [0, 0.1) is 16.0 Å². The molecule has 176 valence electrons. The van der Waals surface area contributed by atoms with E-state index in [0.717, 1.165) is 11.0 Å². The van der Waals surface area contributed by atoms with Gasteiger partial charge in [0.15, 0.2) is 9.84 Å². The summed E-state index contributed by atoms with van der Waals surface area (Å²) >= 11 is 6.06. The first kappa shape index (κ1) is 25.6. The standard InChI is InChI=1S/C18H20ClF3N4O5S/c19-16-12(2-1-3-14(16)26(28)29)9-25(6-4-11-5-7-32(30,31)10-11)17(27)13(23)8-15(24)18(20,21)22/h1-3,8,11,24H,4-7,9-10,23H2/p+1/b13-8-,24-15?. The summed E-state index contributed by atoms with van der Waals surface area (Å²) in [7, 11) is -3.17. The number of alkyl halides is 3. The van der Waals surface area contributed by atoms with E-state index in [0.29, 0.717) is 12.5 Å². The van der Waals surface area contributed by atoms with E-state index in [1.165, 1.54) is 12.1 Å². The lowest BCUT2D eigenvalue weighted by atomic mass is 10.0. The first-order valence-corrected chi connectivity index (χ1v) is 11.5. The Morgan fingerprint density at radius 2 is 2.06 bits per heavy atom. The van der Waals surface area contributed by atoms with Crippen LogP contribution in [0.5, 0.6) is 0 Å². The molecule has 1 saturated heterocycles. The van der Waals surface area contributed by atoms with Crippen molar-refractivity contribution < 1.29 is 36.7 Å². The van der Waals surface area contributed by atoms with E-state index in [9.17, 15) is 36.5 Å². The molecule has 14 heteroatoms. The minimum atomic E-state index is -4.89. The second-order valence-electron chi connectivity index (χ2n) is 7.34. The Morgan fingerprint density at radius 1 is 1.41 bits per heavy atom. The number of carbonyl (C=O) groups is 1. The van der Waals surface area contributed by atoms with Gasteiger partial charge in [-0.1, -0.05) is 23.7 Å². The fourth-order valence-electron chi connectivity index (χ4n) is 3.22. The highest BCUT2D eigenvalue weighted by molar-refractivity contribution is 7.91. The van der Waals surface area contributed by atoms with Gasteiger partial charge < -0.3 is 10.6 Å². The molecule has 1 aromatic rings. The first-order chi connectivity index (χ1) is 14.7. The maximum absolute atomic E-state index is 12.8. The molecule has 32 heavy (non-hydrogen) atoms. The zero-order chi connectivity index (χ0) is 24.3. The molecular formula is C18H21ClF3N4O5S+. The van der Waals surface area contributed by atoms with Gasteiger partial charge in [-0.05, 0) is 24.3 Å². The summed E-state index contributed by atoms with van der Waals surface area (Å²) in [6.07, 6.45) is -3.97. The highest BCUT2D eigenvalue weighted by atomic mass is 35.5. The van der Waals surface area contributed by atoms with Crippen LogP contribution < -0.4 is 11.1 Å². The van der Waals surface area contributed by atoms with Crippen LogP contribution in [0.15, 0.2) is 30.0 Å². The normalized spacial score (nSPS) is 18.4. The molecule has 9 nitrogen and oxygen atoms in total. The summed E-state index contributed by atoms with van der Waals surface area (Å²) in [5, 5.41) is 15.8. The number of benzene rings is 1. The molecule has 1 atom stereocenters. The zero-order valence-corrected chi connectivity index (χ0v) is 18.2. The molecule has 1 unspecified atom stereocenters. The smallest absolute Gasteiger partial charge is 0.394 e. The van der Waals surface area contributed by atoms with Crippen LogP contribution in [-0.2, 0) is 21.2 Å². The van der Waals surface area contributed by atoms with E-state index in [1.54, 1.807) is 0 Å². The molecule has 4 N–H and O–H groups in total. The van der Waals surface area contributed by atoms with E-state index in [1.807, 2.05) is 0 Å². The van der Waals surface area contributed by atoms with Crippen LogP contribution in [0.3, 0.4) is 0 Å². The summed E-state index contributed by atoms with van der Waals surface area (Å²) < 4.78 is 61.4. The quantitative estimate of drug-likeness (QED) is 0.237. The van der Waals surface area contributed by atoms with Crippen molar-refractivity contribution in [3.05, 3.63) is 50.7 Å². The fraction of sp³-hybridized carbons (Fsp3) is 0.444. The van der Waals surface area contributed by atoms with Crippen LogP contribution in [0.1, 0.15) is 18.4 Å². The highest BCUT2D eigenvalue weighted by Gasteiger charge is 2.39. The third-order valence-corrected chi connectivity index (χ3v) is 7.20. The van der Waals surface area contributed by atoms with E-state index < -0.39 is 43.9 Å². The third-order valence-electron chi connectivity index (χ3n) is 4.92. The Balaban J connectivity index is 2.29. The van der Waals surface area contributed by atoms with Crippen molar-refractivity contribution in [1.29, 1.82) is 0 Å². The summed E-state index contributed by atoms with van der Waals surface area (Å²) in [6.45, 7) is -0.349. The summed E-state index contributed by atoms with van der Waals surface area (Å²) in [6, 6.07) is 3.93. The summed E-state index contributed by atoms with van der Waals surface area (Å²) in [5.74, 6) is -1.29. The lowest BCUT2D eigenvalue weighted by Gasteiger charge is -2.24. The number of nitro groups is 1. The molecule has 1 aliphatic heterocycles. The molecule has 0 spiro atoms. The van der Waals surface area contributed by atoms with Crippen molar-refractivity contribution in [3.63, 3.8) is 0 Å². The van der Waals surface area contributed by atoms with Gasteiger partial charge in [0.25, 0.3) is 17.3 Å². The number of halogens is 4. The number of rotatable bonds is 8. The molecule has 0 saturated carbocycles. The molecule has 0 aromatic heterocycles. The largest absolute Gasteiger partial charge is 0.476 e. The van der Waals surface area contributed by atoms with Crippen LogP contribution in [-0.4, -0.2) is 54.1 Å². The van der Waals surface area contributed by atoms with E-state index >= 15 is 0 Å². The number of amides is 1. The molecule has 1 aromatic carbocycles. The van der Waals surface area contributed by atoms with Gasteiger partial charge in [-0.15, -0.1) is 0 Å². The predicted octanol–water partition coefficient (Wildman–Crippen LogP) is 1.01. The van der Waals surface area contributed by atoms with Crippen molar-refractivity contribution in [2.75, 3.05) is 18.1 Å². The molecule has 0 bridgehead atoms. The van der Waals surface area contributed by atoms with Crippen LogP contribution >= 0.6 is 11.6 Å². The minimum absolute atomic E-state index is 0.0153.